The number of aromatic nitrogens is 3. The predicted molar refractivity (Wildman–Crippen MR) is 128 cm³/mol. The van der Waals surface area contributed by atoms with Gasteiger partial charge in [-0.1, -0.05) is 30.3 Å². The molecule has 0 amide bonds. The normalized spacial score (nSPS) is 14.8. The van der Waals surface area contributed by atoms with Gasteiger partial charge < -0.3 is 14.4 Å². The molecule has 2 aromatic heterocycles. The van der Waals surface area contributed by atoms with Crippen LogP contribution in [0.25, 0.3) is 38.6 Å². The van der Waals surface area contributed by atoms with E-state index in [1.54, 1.807) is 12.1 Å². The number of carboxylic acids is 1. The number of aromatic carboxylic acids is 1. The van der Waals surface area contributed by atoms with E-state index in [0.29, 0.717) is 5.92 Å². The Labute approximate surface area is 190 Å². The van der Waals surface area contributed by atoms with Gasteiger partial charge >= 0.3 is 5.97 Å². The summed E-state index contributed by atoms with van der Waals surface area (Å²) in [6.45, 7) is 1.48. The van der Waals surface area contributed by atoms with Crippen LogP contribution in [-0.4, -0.2) is 39.1 Å². The molecule has 1 fully saturated rings. The van der Waals surface area contributed by atoms with Gasteiger partial charge in [0.2, 0.25) is 0 Å². The minimum absolute atomic E-state index is 0.286. The molecule has 6 nitrogen and oxygen atoms in total. The van der Waals surface area contributed by atoms with Crippen LogP contribution in [-0.2, 0) is 4.74 Å². The summed E-state index contributed by atoms with van der Waals surface area (Å²) in [4.78, 5) is 11.5. The second-order valence-electron chi connectivity index (χ2n) is 8.53. The monoisotopic (exact) mass is 437 g/mol. The standard InChI is InChI=1S/C27H23N3O3/c31-27(32)19-8-6-17(7-9-19)25-22-15-23-20(16-28-29-23)14-24(22)30(21-4-2-1-3-5-21)26(25)18-10-12-33-13-11-18/h1-9,14-16,18H,10-13H2,(H,28,29)(H,31,32). The van der Waals surface area contributed by atoms with Crippen molar-refractivity contribution >= 4 is 27.8 Å². The summed E-state index contributed by atoms with van der Waals surface area (Å²) >= 11 is 0. The third-order valence-corrected chi connectivity index (χ3v) is 6.61. The maximum Gasteiger partial charge on any atom is 0.335 e. The Morgan fingerprint density at radius 2 is 1.79 bits per heavy atom. The number of carboxylic acid groups (broad SMARTS) is 1. The maximum atomic E-state index is 11.5. The van der Waals surface area contributed by atoms with Crippen LogP contribution >= 0.6 is 0 Å². The van der Waals surface area contributed by atoms with E-state index in [0.717, 1.165) is 64.7 Å². The lowest BCUT2D eigenvalue weighted by Crippen LogP contribution is -2.17. The van der Waals surface area contributed by atoms with Crippen molar-refractivity contribution in [1.29, 1.82) is 0 Å². The predicted octanol–water partition coefficient (Wildman–Crippen LogP) is 5.77. The Bertz CT molecular complexity index is 1460. The van der Waals surface area contributed by atoms with E-state index in [-0.39, 0.29) is 5.56 Å². The van der Waals surface area contributed by atoms with Crippen LogP contribution < -0.4 is 0 Å². The fraction of sp³-hybridized carbons (Fsp3) is 0.185. The van der Waals surface area contributed by atoms with Crippen LogP contribution in [0, 0.1) is 0 Å². The molecule has 2 N–H and O–H groups in total. The zero-order valence-corrected chi connectivity index (χ0v) is 18.0. The van der Waals surface area contributed by atoms with Crippen LogP contribution in [0.3, 0.4) is 0 Å². The average molecular weight is 437 g/mol. The van der Waals surface area contributed by atoms with Gasteiger partial charge in [-0.05, 0) is 54.8 Å². The second kappa shape index (κ2) is 7.90. The smallest absolute Gasteiger partial charge is 0.335 e. The van der Waals surface area contributed by atoms with E-state index < -0.39 is 5.97 Å². The van der Waals surface area contributed by atoms with Crippen molar-refractivity contribution in [1.82, 2.24) is 14.8 Å². The first-order chi connectivity index (χ1) is 16.2. The third-order valence-electron chi connectivity index (χ3n) is 6.61. The van der Waals surface area contributed by atoms with E-state index >= 15 is 0 Å². The van der Waals surface area contributed by atoms with Crippen LogP contribution in [0.2, 0.25) is 0 Å². The summed E-state index contributed by atoms with van der Waals surface area (Å²) in [6, 6.07) is 22.0. The average Bonchev–Trinajstić information content (AvgIpc) is 3.45. The second-order valence-corrected chi connectivity index (χ2v) is 8.53. The van der Waals surface area contributed by atoms with Crippen molar-refractivity contribution < 1.29 is 14.6 Å². The molecule has 33 heavy (non-hydrogen) atoms. The van der Waals surface area contributed by atoms with Crippen LogP contribution in [0.4, 0.5) is 0 Å². The van der Waals surface area contributed by atoms with Gasteiger partial charge in [0.15, 0.2) is 0 Å². The fourth-order valence-corrected chi connectivity index (χ4v) is 5.04. The van der Waals surface area contributed by atoms with Crippen LogP contribution in [0.5, 0.6) is 0 Å². The molecule has 0 radical (unpaired) electrons. The first-order valence-electron chi connectivity index (χ1n) is 11.2. The van der Waals surface area contributed by atoms with Crippen molar-refractivity contribution in [3.63, 3.8) is 0 Å². The van der Waals surface area contributed by atoms with Gasteiger partial charge in [-0.2, -0.15) is 5.10 Å². The summed E-state index contributed by atoms with van der Waals surface area (Å²) < 4.78 is 8.06. The summed E-state index contributed by atoms with van der Waals surface area (Å²) in [7, 11) is 0. The number of hydrogen-bond donors (Lipinski definition) is 2. The lowest BCUT2D eigenvalue weighted by molar-refractivity contribution is 0.0697. The third kappa shape index (κ3) is 3.31. The molecule has 0 atom stereocenters. The highest BCUT2D eigenvalue weighted by Gasteiger charge is 2.28. The molecule has 1 saturated heterocycles. The Morgan fingerprint density at radius 3 is 2.52 bits per heavy atom. The molecule has 1 aliphatic heterocycles. The summed E-state index contributed by atoms with van der Waals surface area (Å²) in [5.74, 6) is -0.589. The van der Waals surface area contributed by atoms with Gasteiger partial charge in [0.1, 0.15) is 0 Å². The molecule has 1 aliphatic rings. The minimum atomic E-state index is -0.919. The van der Waals surface area contributed by atoms with Crippen LogP contribution in [0.1, 0.15) is 34.8 Å². The quantitative estimate of drug-likeness (QED) is 0.374. The van der Waals surface area contributed by atoms with Crippen molar-refractivity contribution in [2.24, 2.45) is 0 Å². The largest absolute Gasteiger partial charge is 0.478 e. The summed E-state index contributed by atoms with van der Waals surface area (Å²) in [6.07, 6.45) is 3.75. The Kier molecular flexibility index (Phi) is 4.73. The molecular weight excluding hydrogens is 414 g/mol. The molecule has 5 aromatic rings. The molecule has 0 bridgehead atoms. The number of aromatic amines is 1. The van der Waals surface area contributed by atoms with E-state index in [2.05, 4.69) is 51.2 Å². The van der Waals surface area contributed by atoms with Crippen molar-refractivity contribution in [3.8, 4) is 16.8 Å². The lowest BCUT2D eigenvalue weighted by atomic mass is 9.89. The lowest BCUT2D eigenvalue weighted by Gasteiger charge is -2.26. The molecular formula is C27H23N3O3. The maximum absolute atomic E-state index is 11.5. The summed E-state index contributed by atoms with van der Waals surface area (Å²) in [5, 5.41) is 18.9. The number of benzene rings is 3. The Balaban J connectivity index is 1.71. The number of ether oxygens (including phenoxy) is 1. The van der Waals surface area contributed by atoms with Gasteiger partial charge in [-0.15, -0.1) is 0 Å². The number of rotatable bonds is 4. The molecule has 3 heterocycles. The van der Waals surface area contributed by atoms with E-state index in [9.17, 15) is 9.90 Å². The van der Waals surface area contributed by atoms with Gasteiger partial charge in [-0.25, -0.2) is 4.79 Å². The number of nitrogens with zero attached hydrogens (tertiary/aromatic N) is 2. The zero-order valence-electron chi connectivity index (χ0n) is 18.0. The van der Waals surface area contributed by atoms with Gasteiger partial charge in [0.05, 0.1) is 22.8 Å². The van der Waals surface area contributed by atoms with E-state index in [1.807, 2.05) is 24.4 Å². The number of para-hydroxylation sites is 1. The number of nitrogens with one attached hydrogen (secondary N) is 1. The fourth-order valence-electron chi connectivity index (χ4n) is 5.04. The van der Waals surface area contributed by atoms with E-state index in [4.69, 9.17) is 4.74 Å². The van der Waals surface area contributed by atoms with Gasteiger partial charge in [0, 0.05) is 46.8 Å². The topological polar surface area (TPSA) is 80.1 Å². The molecule has 6 rings (SSSR count). The first kappa shape index (κ1) is 19.8. The molecule has 0 unspecified atom stereocenters. The molecule has 164 valence electrons. The van der Waals surface area contributed by atoms with Crippen molar-refractivity contribution in [2.75, 3.05) is 13.2 Å². The number of hydrogen-bond acceptors (Lipinski definition) is 3. The summed E-state index contributed by atoms with van der Waals surface area (Å²) in [5.41, 5.74) is 6.91. The van der Waals surface area contributed by atoms with Gasteiger partial charge in [-0.3, -0.25) is 5.10 Å². The van der Waals surface area contributed by atoms with Gasteiger partial charge in [0.25, 0.3) is 0 Å². The molecule has 3 aromatic carbocycles. The Morgan fingerprint density at radius 1 is 1.03 bits per heavy atom. The highest BCUT2D eigenvalue weighted by atomic mass is 16.5. The zero-order chi connectivity index (χ0) is 22.4. The molecule has 6 heteroatoms. The van der Waals surface area contributed by atoms with E-state index in [1.165, 1.54) is 5.69 Å². The SMILES string of the molecule is O=C(O)c1ccc(-c2c(C3CCOCC3)n(-c3ccccc3)c3cc4cn[nH]c4cc23)cc1. The number of carbonyl (C=O) groups is 1. The van der Waals surface area contributed by atoms with Crippen LogP contribution in [0.15, 0.2) is 72.9 Å². The van der Waals surface area contributed by atoms with Crippen molar-refractivity contribution in [3.05, 3.63) is 84.2 Å². The highest BCUT2D eigenvalue weighted by Crippen LogP contribution is 2.44. The Hall–Kier alpha value is -3.90. The number of fused-ring (bicyclic) bond motifs is 2. The van der Waals surface area contributed by atoms with Crippen molar-refractivity contribution in [2.45, 2.75) is 18.8 Å². The highest BCUT2D eigenvalue weighted by molar-refractivity contribution is 6.06. The molecule has 0 spiro atoms. The minimum Gasteiger partial charge on any atom is -0.478 e. The first-order valence-corrected chi connectivity index (χ1v) is 11.2. The number of H-pyrrole nitrogens is 1. The molecule has 0 saturated carbocycles. The molecule has 0 aliphatic carbocycles.